The van der Waals surface area contributed by atoms with Crippen molar-refractivity contribution in [3.63, 3.8) is 0 Å². The second kappa shape index (κ2) is 6.53. The van der Waals surface area contributed by atoms with Crippen LogP contribution >= 0.6 is 23.4 Å². The number of hydrogen-bond donors (Lipinski definition) is 0. The minimum atomic E-state index is -0.514. The van der Waals surface area contributed by atoms with Gasteiger partial charge in [0.05, 0.1) is 14.1 Å². The summed E-state index contributed by atoms with van der Waals surface area (Å²) in [5.74, 6) is 0.464. The van der Waals surface area contributed by atoms with E-state index < -0.39 is 5.92 Å². The molecule has 2 aliphatic heterocycles. The molecule has 24 heavy (non-hydrogen) atoms. The van der Waals surface area contributed by atoms with Gasteiger partial charge in [-0.15, -0.1) is 16.8 Å². The number of amides is 3. The van der Waals surface area contributed by atoms with E-state index >= 15 is 0 Å². The van der Waals surface area contributed by atoms with Crippen LogP contribution in [-0.2, 0) is 10.5 Å². The number of nitrogens with zero attached hydrogens (tertiary/aromatic N) is 3. The van der Waals surface area contributed by atoms with Gasteiger partial charge in [0.1, 0.15) is 6.21 Å². The molecule has 1 aromatic carbocycles. The number of carbonyl (C=O) groups excluding carboxylic acids is 2. The Bertz CT molecular complexity index is 812. The molecule has 7 heteroatoms. The summed E-state index contributed by atoms with van der Waals surface area (Å²) in [5.41, 5.74) is 2.07. The maximum absolute atomic E-state index is 12.6. The van der Waals surface area contributed by atoms with E-state index in [1.165, 1.54) is 11.6 Å². The van der Waals surface area contributed by atoms with Gasteiger partial charge in [0.2, 0.25) is 0 Å². The maximum atomic E-state index is 12.6. The summed E-state index contributed by atoms with van der Waals surface area (Å²) < 4.78 is 1.44. The predicted octanol–water partition coefficient (Wildman–Crippen LogP) is 3.18. The second-order valence-electron chi connectivity index (χ2n) is 5.75. The van der Waals surface area contributed by atoms with Crippen LogP contribution in [0.25, 0.3) is 0 Å². The quantitative estimate of drug-likeness (QED) is 0.776. The Kier molecular flexibility index (Phi) is 4.60. The molecule has 0 saturated heterocycles. The number of urea groups is 1. The van der Waals surface area contributed by atoms with Crippen LogP contribution in [-0.4, -0.2) is 47.6 Å². The number of fused-ring (bicyclic) bond motifs is 1. The molecule has 0 radical (unpaired) electrons. The van der Waals surface area contributed by atoms with E-state index in [0.717, 1.165) is 26.7 Å². The van der Waals surface area contributed by atoms with Gasteiger partial charge in [0.25, 0.3) is 5.84 Å². The lowest BCUT2D eigenvalue weighted by atomic mass is 9.99. The molecule has 0 aromatic heterocycles. The van der Waals surface area contributed by atoms with Crippen LogP contribution < -0.4 is 0 Å². The van der Waals surface area contributed by atoms with E-state index in [1.807, 2.05) is 31.2 Å². The van der Waals surface area contributed by atoms with E-state index in [-0.39, 0.29) is 11.9 Å². The highest BCUT2D eigenvalue weighted by molar-refractivity contribution is 8.02. The third kappa shape index (κ3) is 2.91. The van der Waals surface area contributed by atoms with Crippen molar-refractivity contribution in [2.75, 3.05) is 14.1 Å². The monoisotopic (exact) mass is 362 g/mol. The molecular formula is C17H17ClN3O2S+. The molecule has 0 spiro atoms. The van der Waals surface area contributed by atoms with E-state index in [1.54, 1.807) is 25.0 Å². The number of benzene rings is 1. The van der Waals surface area contributed by atoms with Crippen molar-refractivity contribution in [3.8, 4) is 0 Å². The first-order valence-corrected chi connectivity index (χ1v) is 8.80. The number of rotatable bonds is 3. The number of imide groups is 1. The van der Waals surface area contributed by atoms with Crippen molar-refractivity contribution in [2.24, 2.45) is 10.9 Å². The molecule has 124 valence electrons. The standard InChI is InChI=1S/C17H17ClN3O2S/c1-10-8-19-15-13(16(22)21(3)17(23)20(15)2)14(10)24-9-11-4-6-12(18)7-5-11/h4-8,13H,9H2,1-3H3/q+1. The number of hydrogen-bond acceptors (Lipinski definition) is 4. The van der Waals surface area contributed by atoms with Crippen molar-refractivity contribution in [1.29, 1.82) is 0 Å². The first-order chi connectivity index (χ1) is 11.4. The Balaban J connectivity index is 1.91. The van der Waals surface area contributed by atoms with Gasteiger partial charge < -0.3 is 0 Å². The molecule has 1 atom stereocenters. The van der Waals surface area contributed by atoms with Crippen LogP contribution in [0.5, 0.6) is 0 Å². The molecule has 3 rings (SSSR count). The van der Waals surface area contributed by atoms with Crippen LogP contribution in [0.15, 0.2) is 39.7 Å². The molecule has 0 aliphatic carbocycles. The third-order valence-corrected chi connectivity index (χ3v) is 5.70. The van der Waals surface area contributed by atoms with Gasteiger partial charge in [-0.3, -0.25) is 4.79 Å². The minimum Gasteiger partial charge on any atom is -0.255 e. The number of halogens is 1. The van der Waals surface area contributed by atoms with Crippen molar-refractivity contribution in [1.82, 2.24) is 4.90 Å². The highest BCUT2D eigenvalue weighted by Crippen LogP contribution is 2.36. The van der Waals surface area contributed by atoms with Gasteiger partial charge in [-0.05, 0) is 30.2 Å². The zero-order valence-corrected chi connectivity index (χ0v) is 15.2. The van der Waals surface area contributed by atoms with Crippen molar-refractivity contribution < 1.29 is 14.2 Å². The Morgan fingerprint density at radius 1 is 1.29 bits per heavy atom. The molecule has 0 bridgehead atoms. The maximum Gasteiger partial charge on any atom is 0.445 e. The number of thioether (sulfide) groups is 1. The Morgan fingerprint density at radius 3 is 2.62 bits per heavy atom. The zero-order chi connectivity index (χ0) is 17.4. The molecule has 0 fully saturated rings. The number of carbonyl (C=O) groups is 2. The number of allylic oxidation sites excluding steroid dienone is 1. The molecule has 1 unspecified atom stereocenters. The molecule has 2 aliphatic rings. The molecule has 1 aromatic rings. The van der Waals surface area contributed by atoms with Crippen LogP contribution in [0.2, 0.25) is 5.02 Å². The fourth-order valence-corrected chi connectivity index (χ4v) is 3.99. The van der Waals surface area contributed by atoms with E-state index in [4.69, 9.17) is 11.6 Å². The summed E-state index contributed by atoms with van der Waals surface area (Å²) in [4.78, 5) is 31.2. The predicted molar refractivity (Wildman–Crippen MR) is 96.8 cm³/mol. The Morgan fingerprint density at radius 2 is 1.96 bits per heavy atom. The molecule has 3 amide bonds. The summed E-state index contributed by atoms with van der Waals surface area (Å²) in [6.07, 6.45) is 1.72. The van der Waals surface area contributed by atoms with Crippen molar-refractivity contribution in [2.45, 2.75) is 12.7 Å². The smallest absolute Gasteiger partial charge is 0.255 e. The normalized spacial score (nSPS) is 20.8. The average Bonchev–Trinajstić information content (AvgIpc) is 2.58. The van der Waals surface area contributed by atoms with Crippen LogP contribution in [0.1, 0.15) is 12.5 Å². The van der Waals surface area contributed by atoms with E-state index in [0.29, 0.717) is 10.9 Å². The van der Waals surface area contributed by atoms with Gasteiger partial charge in [0.15, 0.2) is 5.92 Å². The molecule has 5 nitrogen and oxygen atoms in total. The summed E-state index contributed by atoms with van der Waals surface area (Å²) in [7, 11) is 3.15. The number of aliphatic imine (C=N–C) groups is 1. The largest absolute Gasteiger partial charge is 0.445 e. The Labute approximate surface area is 149 Å². The summed E-state index contributed by atoms with van der Waals surface area (Å²) >= 11 is 7.51. The second-order valence-corrected chi connectivity index (χ2v) is 7.20. The lowest BCUT2D eigenvalue weighted by Crippen LogP contribution is -2.52. The van der Waals surface area contributed by atoms with E-state index in [2.05, 4.69) is 4.99 Å². The third-order valence-electron chi connectivity index (χ3n) is 4.10. The highest BCUT2D eigenvalue weighted by Gasteiger charge is 2.47. The summed E-state index contributed by atoms with van der Waals surface area (Å²) in [6, 6.07) is 7.29. The fraction of sp³-hybridized carbons (Fsp3) is 0.294. The number of amidine groups is 1. The fourth-order valence-electron chi connectivity index (χ4n) is 2.70. The highest BCUT2D eigenvalue weighted by atomic mass is 35.5. The van der Waals surface area contributed by atoms with Gasteiger partial charge in [0, 0.05) is 15.7 Å². The lowest BCUT2D eigenvalue weighted by Gasteiger charge is -2.27. The van der Waals surface area contributed by atoms with Gasteiger partial charge >= 0.3 is 11.9 Å². The van der Waals surface area contributed by atoms with Gasteiger partial charge in [-0.1, -0.05) is 23.7 Å². The van der Waals surface area contributed by atoms with Crippen LogP contribution in [0, 0.1) is 5.92 Å². The molecule has 0 saturated carbocycles. The first-order valence-electron chi connectivity index (χ1n) is 7.44. The topological polar surface area (TPSA) is 52.8 Å². The van der Waals surface area contributed by atoms with Crippen LogP contribution in [0.3, 0.4) is 0 Å². The number of dihydropyridines is 1. The van der Waals surface area contributed by atoms with Crippen LogP contribution in [0.4, 0.5) is 4.79 Å². The van der Waals surface area contributed by atoms with Crippen molar-refractivity contribution in [3.05, 3.63) is 45.3 Å². The Hall–Kier alpha value is -1.92. The lowest BCUT2D eigenvalue weighted by molar-refractivity contribution is -0.407. The summed E-state index contributed by atoms with van der Waals surface area (Å²) in [5, 5.41) is 0.698. The zero-order valence-electron chi connectivity index (χ0n) is 13.6. The van der Waals surface area contributed by atoms with Gasteiger partial charge in [-0.25, -0.2) is 4.79 Å². The van der Waals surface area contributed by atoms with E-state index in [9.17, 15) is 9.59 Å². The van der Waals surface area contributed by atoms with Gasteiger partial charge in [-0.2, -0.15) is 9.48 Å². The SMILES string of the molecule is CC1=C(SCc2ccc(Cl)cc2)C2C(=O)N(C)C(=O)[N+](C)=C2N=C1. The van der Waals surface area contributed by atoms with Crippen molar-refractivity contribution >= 4 is 47.4 Å². The molecular weight excluding hydrogens is 346 g/mol. The average molecular weight is 363 g/mol. The molecule has 2 heterocycles. The minimum absolute atomic E-state index is 0.233. The first kappa shape index (κ1) is 16.9. The summed E-state index contributed by atoms with van der Waals surface area (Å²) in [6.45, 7) is 1.94. The molecule has 0 N–H and O–H groups in total.